The molecule has 112 valence electrons. The highest BCUT2D eigenvalue weighted by molar-refractivity contribution is 6.03. The molecular weight excluding hydrogens is 279 g/mol. The number of hydrogen-bond acceptors (Lipinski definition) is 2. The third-order valence-electron chi connectivity index (χ3n) is 3.83. The molecule has 0 aromatic heterocycles. The third kappa shape index (κ3) is 2.77. The van der Waals surface area contributed by atoms with Crippen LogP contribution in [0.3, 0.4) is 0 Å². The van der Waals surface area contributed by atoms with E-state index in [4.69, 9.17) is 0 Å². The number of rotatable bonds is 3. The fourth-order valence-electron chi connectivity index (χ4n) is 2.65. The fourth-order valence-corrected chi connectivity index (χ4v) is 2.65. The standard InChI is InChI=1S/C18H17FN2O/c1-2-18(22)21-17(14-8-10-15(19)11-9-14)12-16(20-21)13-6-4-3-5-7-13/h3-11,17H,2,12H2,1H3/t17-/m1/s1. The molecule has 22 heavy (non-hydrogen) atoms. The lowest BCUT2D eigenvalue weighted by Gasteiger charge is -2.21. The maximum atomic E-state index is 13.1. The van der Waals surface area contributed by atoms with Gasteiger partial charge in [0, 0.05) is 12.8 Å². The highest BCUT2D eigenvalue weighted by atomic mass is 19.1. The van der Waals surface area contributed by atoms with Gasteiger partial charge >= 0.3 is 0 Å². The Labute approximate surface area is 129 Å². The number of carbonyl (C=O) groups excluding carboxylic acids is 1. The topological polar surface area (TPSA) is 32.7 Å². The number of halogens is 1. The van der Waals surface area contributed by atoms with Gasteiger partial charge in [0.05, 0.1) is 11.8 Å². The molecule has 0 aliphatic carbocycles. The summed E-state index contributed by atoms with van der Waals surface area (Å²) in [6.07, 6.45) is 1.03. The van der Waals surface area contributed by atoms with Crippen LogP contribution >= 0.6 is 0 Å². The molecule has 0 unspecified atom stereocenters. The molecule has 0 saturated carbocycles. The van der Waals surface area contributed by atoms with Gasteiger partial charge in [0.25, 0.3) is 0 Å². The van der Waals surface area contributed by atoms with Crippen LogP contribution in [-0.2, 0) is 4.79 Å². The summed E-state index contributed by atoms with van der Waals surface area (Å²) in [5.74, 6) is -0.306. The van der Waals surface area contributed by atoms with Gasteiger partial charge in [-0.1, -0.05) is 49.4 Å². The van der Waals surface area contributed by atoms with Gasteiger partial charge in [-0.25, -0.2) is 9.40 Å². The lowest BCUT2D eigenvalue weighted by Crippen LogP contribution is -2.26. The van der Waals surface area contributed by atoms with Crippen LogP contribution in [0.25, 0.3) is 0 Å². The third-order valence-corrected chi connectivity index (χ3v) is 3.83. The first-order valence-electron chi connectivity index (χ1n) is 7.39. The van der Waals surface area contributed by atoms with E-state index in [1.165, 1.54) is 17.1 Å². The Kier molecular flexibility index (Phi) is 4.00. The molecule has 1 amide bonds. The molecule has 0 radical (unpaired) electrons. The Bertz CT molecular complexity index is 695. The molecule has 1 atom stereocenters. The minimum Gasteiger partial charge on any atom is -0.273 e. The van der Waals surface area contributed by atoms with Crippen molar-refractivity contribution in [1.82, 2.24) is 5.01 Å². The molecule has 3 rings (SSSR count). The predicted molar refractivity (Wildman–Crippen MR) is 83.9 cm³/mol. The summed E-state index contributed by atoms with van der Waals surface area (Å²) >= 11 is 0. The molecule has 0 saturated heterocycles. The molecule has 2 aromatic rings. The quantitative estimate of drug-likeness (QED) is 0.845. The minimum atomic E-state index is -0.278. The Morgan fingerprint density at radius 3 is 2.50 bits per heavy atom. The first-order chi connectivity index (χ1) is 10.7. The van der Waals surface area contributed by atoms with Crippen LogP contribution in [0.4, 0.5) is 4.39 Å². The van der Waals surface area contributed by atoms with E-state index in [2.05, 4.69) is 5.10 Å². The lowest BCUT2D eigenvalue weighted by molar-refractivity contribution is -0.132. The van der Waals surface area contributed by atoms with Crippen LogP contribution < -0.4 is 0 Å². The monoisotopic (exact) mass is 296 g/mol. The molecule has 1 heterocycles. The zero-order valence-corrected chi connectivity index (χ0v) is 12.4. The van der Waals surface area contributed by atoms with Crippen molar-refractivity contribution in [1.29, 1.82) is 0 Å². The molecule has 2 aromatic carbocycles. The summed E-state index contributed by atoms with van der Waals surface area (Å²) in [5.41, 5.74) is 2.80. The van der Waals surface area contributed by atoms with Crippen LogP contribution in [0.5, 0.6) is 0 Å². The summed E-state index contributed by atoms with van der Waals surface area (Å²) in [5, 5.41) is 6.05. The van der Waals surface area contributed by atoms with Crippen molar-refractivity contribution < 1.29 is 9.18 Å². The first-order valence-corrected chi connectivity index (χ1v) is 7.39. The van der Waals surface area contributed by atoms with Gasteiger partial charge in [0.2, 0.25) is 5.91 Å². The molecule has 1 aliphatic heterocycles. The number of amides is 1. The number of benzene rings is 2. The van der Waals surface area contributed by atoms with E-state index in [0.717, 1.165) is 16.8 Å². The van der Waals surface area contributed by atoms with Crippen LogP contribution in [0.1, 0.15) is 36.9 Å². The smallest absolute Gasteiger partial charge is 0.242 e. The normalized spacial score (nSPS) is 17.5. The van der Waals surface area contributed by atoms with Crippen molar-refractivity contribution in [3.63, 3.8) is 0 Å². The summed E-state index contributed by atoms with van der Waals surface area (Å²) in [7, 11) is 0. The van der Waals surface area contributed by atoms with Crippen molar-refractivity contribution in [2.45, 2.75) is 25.8 Å². The van der Waals surface area contributed by atoms with Gasteiger partial charge in [0.15, 0.2) is 0 Å². The van der Waals surface area contributed by atoms with Crippen LogP contribution in [0.15, 0.2) is 59.7 Å². The second-order valence-electron chi connectivity index (χ2n) is 5.28. The Balaban J connectivity index is 1.94. The van der Waals surface area contributed by atoms with Crippen molar-refractivity contribution >= 4 is 11.6 Å². The van der Waals surface area contributed by atoms with E-state index in [-0.39, 0.29) is 17.8 Å². The second kappa shape index (κ2) is 6.10. The van der Waals surface area contributed by atoms with Crippen molar-refractivity contribution in [2.75, 3.05) is 0 Å². The zero-order valence-electron chi connectivity index (χ0n) is 12.4. The lowest BCUT2D eigenvalue weighted by atomic mass is 9.98. The number of hydrazone groups is 1. The van der Waals surface area contributed by atoms with E-state index in [1.807, 2.05) is 37.3 Å². The molecular formula is C18H17FN2O. The van der Waals surface area contributed by atoms with Crippen LogP contribution in [-0.4, -0.2) is 16.6 Å². The number of hydrogen-bond donors (Lipinski definition) is 0. The van der Waals surface area contributed by atoms with Gasteiger partial charge in [-0.05, 0) is 23.3 Å². The van der Waals surface area contributed by atoms with Crippen molar-refractivity contribution in [3.05, 3.63) is 71.5 Å². The SMILES string of the molecule is CCC(=O)N1N=C(c2ccccc2)C[C@@H]1c1ccc(F)cc1. The minimum absolute atomic E-state index is 0.0275. The molecule has 3 nitrogen and oxygen atoms in total. The summed E-state index contributed by atoms with van der Waals surface area (Å²) in [6, 6.07) is 16.0. The molecule has 1 aliphatic rings. The largest absolute Gasteiger partial charge is 0.273 e. The molecule has 4 heteroatoms. The highest BCUT2D eigenvalue weighted by Crippen LogP contribution is 2.33. The molecule has 0 bridgehead atoms. The van der Waals surface area contributed by atoms with Crippen molar-refractivity contribution in [2.24, 2.45) is 5.10 Å². The van der Waals surface area contributed by atoms with E-state index in [9.17, 15) is 9.18 Å². The fraction of sp³-hybridized carbons (Fsp3) is 0.222. The van der Waals surface area contributed by atoms with E-state index < -0.39 is 0 Å². The second-order valence-corrected chi connectivity index (χ2v) is 5.28. The summed E-state index contributed by atoms with van der Waals surface area (Å²) in [6.45, 7) is 1.82. The van der Waals surface area contributed by atoms with E-state index in [0.29, 0.717) is 12.8 Å². The highest BCUT2D eigenvalue weighted by Gasteiger charge is 2.32. The average Bonchev–Trinajstić information content (AvgIpc) is 3.01. The van der Waals surface area contributed by atoms with Gasteiger partial charge < -0.3 is 0 Å². The maximum absolute atomic E-state index is 13.1. The van der Waals surface area contributed by atoms with E-state index in [1.54, 1.807) is 12.1 Å². The Morgan fingerprint density at radius 2 is 1.86 bits per heavy atom. The first kappa shape index (κ1) is 14.4. The van der Waals surface area contributed by atoms with Gasteiger partial charge in [-0.2, -0.15) is 5.10 Å². The van der Waals surface area contributed by atoms with Crippen LogP contribution in [0.2, 0.25) is 0 Å². The van der Waals surface area contributed by atoms with Crippen LogP contribution in [0, 0.1) is 5.82 Å². The Morgan fingerprint density at radius 1 is 1.18 bits per heavy atom. The van der Waals surface area contributed by atoms with Gasteiger partial charge in [0.1, 0.15) is 5.82 Å². The average molecular weight is 296 g/mol. The zero-order chi connectivity index (χ0) is 15.5. The van der Waals surface area contributed by atoms with Gasteiger partial charge in [-0.3, -0.25) is 4.79 Å². The molecule has 0 spiro atoms. The van der Waals surface area contributed by atoms with Gasteiger partial charge in [-0.15, -0.1) is 0 Å². The summed E-state index contributed by atoms with van der Waals surface area (Å²) < 4.78 is 13.1. The number of carbonyl (C=O) groups is 1. The van der Waals surface area contributed by atoms with E-state index >= 15 is 0 Å². The maximum Gasteiger partial charge on any atom is 0.242 e. The van der Waals surface area contributed by atoms with Crippen molar-refractivity contribution in [3.8, 4) is 0 Å². The predicted octanol–water partition coefficient (Wildman–Crippen LogP) is 3.91. The molecule has 0 fully saturated rings. The summed E-state index contributed by atoms with van der Waals surface area (Å²) in [4.78, 5) is 12.2. The number of nitrogens with zero attached hydrogens (tertiary/aromatic N) is 2. The molecule has 0 N–H and O–H groups in total. The Hall–Kier alpha value is -2.49.